The van der Waals surface area contributed by atoms with Crippen molar-refractivity contribution in [1.29, 1.82) is 0 Å². The first kappa shape index (κ1) is 15.1. The van der Waals surface area contributed by atoms with Gasteiger partial charge in [-0.05, 0) is 25.0 Å². The topological polar surface area (TPSA) is 67.4 Å². The van der Waals surface area contributed by atoms with Crippen LogP contribution in [0.15, 0.2) is 24.3 Å². The van der Waals surface area contributed by atoms with Gasteiger partial charge in [-0.25, -0.2) is 8.42 Å². The van der Waals surface area contributed by atoms with Crippen molar-refractivity contribution in [2.24, 2.45) is 0 Å². The highest BCUT2D eigenvalue weighted by atomic mass is 32.2. The first-order valence-electron chi connectivity index (χ1n) is 6.86. The fourth-order valence-electron chi connectivity index (χ4n) is 2.64. The van der Waals surface area contributed by atoms with Gasteiger partial charge >= 0.3 is 0 Å². The van der Waals surface area contributed by atoms with Crippen LogP contribution >= 0.6 is 0 Å². The summed E-state index contributed by atoms with van der Waals surface area (Å²) in [5.74, 6) is 0. The minimum atomic E-state index is -3.28. The predicted molar refractivity (Wildman–Crippen MR) is 81.6 cm³/mol. The van der Waals surface area contributed by atoms with Crippen LogP contribution < -0.4 is 10.0 Å². The molecule has 2 atom stereocenters. The molecule has 0 aromatic heterocycles. The molecule has 0 radical (unpaired) electrons. The second-order valence-corrected chi connectivity index (χ2v) is 6.98. The van der Waals surface area contributed by atoms with E-state index in [0.29, 0.717) is 5.69 Å². The van der Waals surface area contributed by atoms with Crippen LogP contribution in [0.5, 0.6) is 0 Å². The van der Waals surface area contributed by atoms with Crippen molar-refractivity contribution in [2.75, 3.05) is 23.4 Å². The van der Waals surface area contributed by atoms with Gasteiger partial charge in [0.15, 0.2) is 0 Å². The van der Waals surface area contributed by atoms with E-state index < -0.39 is 10.0 Å². The third-order valence-corrected chi connectivity index (χ3v) is 4.16. The molecular formula is C14H22N2O3S. The van der Waals surface area contributed by atoms with Gasteiger partial charge in [-0.2, -0.15) is 0 Å². The quantitative estimate of drug-likeness (QED) is 0.876. The van der Waals surface area contributed by atoms with E-state index >= 15 is 0 Å². The van der Waals surface area contributed by atoms with Crippen LogP contribution in [0.1, 0.15) is 25.7 Å². The van der Waals surface area contributed by atoms with E-state index in [4.69, 9.17) is 4.74 Å². The second kappa shape index (κ2) is 6.45. The van der Waals surface area contributed by atoms with Gasteiger partial charge in [0.25, 0.3) is 0 Å². The smallest absolute Gasteiger partial charge is 0.229 e. The number of benzene rings is 1. The predicted octanol–water partition coefficient (Wildman–Crippen LogP) is 2.43. The van der Waals surface area contributed by atoms with Gasteiger partial charge in [-0.1, -0.05) is 25.0 Å². The molecule has 1 saturated carbocycles. The molecule has 1 aliphatic carbocycles. The van der Waals surface area contributed by atoms with E-state index in [0.717, 1.165) is 24.8 Å². The van der Waals surface area contributed by atoms with Crippen LogP contribution in [0, 0.1) is 0 Å². The van der Waals surface area contributed by atoms with Gasteiger partial charge in [0.1, 0.15) is 0 Å². The van der Waals surface area contributed by atoms with E-state index in [9.17, 15) is 8.42 Å². The Morgan fingerprint density at radius 2 is 1.80 bits per heavy atom. The zero-order chi connectivity index (χ0) is 14.6. The van der Waals surface area contributed by atoms with E-state index in [1.165, 1.54) is 12.8 Å². The zero-order valence-electron chi connectivity index (χ0n) is 11.9. The van der Waals surface area contributed by atoms with Gasteiger partial charge in [-0.15, -0.1) is 0 Å². The molecule has 1 aromatic carbocycles. The Morgan fingerprint density at radius 3 is 2.45 bits per heavy atom. The standard InChI is InChI=1S/C14H22N2O3S/c1-19-14-10-6-5-9-13(14)15-11-7-3-4-8-12(11)16-20(2,17)18/h3-4,7-8,13-16H,5-6,9-10H2,1-2H3. The van der Waals surface area contributed by atoms with E-state index in [1.807, 2.05) is 18.2 Å². The van der Waals surface area contributed by atoms with E-state index in [1.54, 1.807) is 13.2 Å². The number of hydrogen-bond donors (Lipinski definition) is 2. The molecule has 0 heterocycles. The van der Waals surface area contributed by atoms with Crippen molar-refractivity contribution in [1.82, 2.24) is 0 Å². The van der Waals surface area contributed by atoms with Crippen molar-refractivity contribution < 1.29 is 13.2 Å². The second-order valence-electron chi connectivity index (χ2n) is 5.23. The van der Waals surface area contributed by atoms with E-state index in [-0.39, 0.29) is 12.1 Å². The first-order chi connectivity index (χ1) is 9.49. The Labute approximate surface area is 120 Å². The maximum absolute atomic E-state index is 11.4. The number of methoxy groups -OCH3 is 1. The number of sulfonamides is 1. The average molecular weight is 298 g/mol. The lowest BCUT2D eigenvalue weighted by atomic mass is 9.92. The number of hydrogen-bond acceptors (Lipinski definition) is 4. The maximum atomic E-state index is 11.4. The summed E-state index contributed by atoms with van der Waals surface area (Å²) in [4.78, 5) is 0. The number of ether oxygens (including phenoxy) is 1. The summed E-state index contributed by atoms with van der Waals surface area (Å²) in [5, 5.41) is 3.42. The monoisotopic (exact) mass is 298 g/mol. The normalized spacial score (nSPS) is 23.3. The van der Waals surface area contributed by atoms with Crippen LogP contribution in [0.2, 0.25) is 0 Å². The molecule has 2 rings (SSSR count). The lowest BCUT2D eigenvalue weighted by molar-refractivity contribution is 0.0606. The molecule has 0 spiro atoms. The Morgan fingerprint density at radius 1 is 1.15 bits per heavy atom. The first-order valence-corrected chi connectivity index (χ1v) is 8.75. The number of anilines is 2. The van der Waals surface area contributed by atoms with Gasteiger partial charge in [0.05, 0.1) is 29.8 Å². The fraction of sp³-hybridized carbons (Fsp3) is 0.571. The van der Waals surface area contributed by atoms with Crippen molar-refractivity contribution in [3.63, 3.8) is 0 Å². The molecule has 0 aliphatic heterocycles. The molecule has 2 N–H and O–H groups in total. The van der Waals surface area contributed by atoms with Crippen molar-refractivity contribution in [2.45, 2.75) is 37.8 Å². The van der Waals surface area contributed by atoms with Gasteiger partial charge in [0.2, 0.25) is 10.0 Å². The Kier molecular flexibility index (Phi) is 4.88. The van der Waals surface area contributed by atoms with Crippen LogP contribution in [0.4, 0.5) is 11.4 Å². The van der Waals surface area contributed by atoms with E-state index in [2.05, 4.69) is 10.0 Å². The minimum Gasteiger partial charge on any atom is -0.379 e. The molecule has 6 heteroatoms. The van der Waals surface area contributed by atoms with Gasteiger partial charge in [0, 0.05) is 7.11 Å². The summed E-state index contributed by atoms with van der Waals surface area (Å²) in [5.41, 5.74) is 1.38. The minimum absolute atomic E-state index is 0.176. The van der Waals surface area contributed by atoms with Crippen LogP contribution in [0.25, 0.3) is 0 Å². The number of rotatable bonds is 5. The molecule has 2 unspecified atom stereocenters. The summed E-state index contributed by atoms with van der Waals surface area (Å²) >= 11 is 0. The number of nitrogens with one attached hydrogen (secondary N) is 2. The highest BCUT2D eigenvalue weighted by Gasteiger charge is 2.25. The SMILES string of the molecule is COC1CCCCC1Nc1ccccc1NS(C)(=O)=O. The summed E-state index contributed by atoms with van der Waals surface area (Å²) < 4.78 is 30.9. The number of para-hydroxylation sites is 2. The summed E-state index contributed by atoms with van der Waals surface area (Å²) in [7, 11) is -1.55. The molecule has 112 valence electrons. The maximum Gasteiger partial charge on any atom is 0.229 e. The summed E-state index contributed by atoms with van der Waals surface area (Å²) in [6.45, 7) is 0. The molecule has 0 bridgehead atoms. The van der Waals surface area contributed by atoms with Gasteiger partial charge in [-0.3, -0.25) is 4.72 Å². The summed E-state index contributed by atoms with van der Waals surface area (Å²) in [6.07, 6.45) is 5.75. The molecule has 20 heavy (non-hydrogen) atoms. The third kappa shape index (κ3) is 4.11. The average Bonchev–Trinajstić information content (AvgIpc) is 2.40. The highest BCUT2D eigenvalue weighted by Crippen LogP contribution is 2.28. The van der Waals surface area contributed by atoms with Crippen molar-refractivity contribution >= 4 is 21.4 Å². The van der Waals surface area contributed by atoms with Gasteiger partial charge < -0.3 is 10.1 Å². The molecule has 0 amide bonds. The lowest BCUT2D eigenvalue weighted by Gasteiger charge is -2.32. The molecule has 0 saturated heterocycles. The Hall–Kier alpha value is -1.27. The molecule has 1 aromatic rings. The third-order valence-electron chi connectivity index (χ3n) is 3.57. The highest BCUT2D eigenvalue weighted by molar-refractivity contribution is 7.92. The molecule has 5 nitrogen and oxygen atoms in total. The molecule has 1 fully saturated rings. The molecular weight excluding hydrogens is 276 g/mol. The zero-order valence-corrected chi connectivity index (χ0v) is 12.7. The molecule has 1 aliphatic rings. The fourth-order valence-corrected chi connectivity index (χ4v) is 3.22. The largest absolute Gasteiger partial charge is 0.379 e. The lowest BCUT2D eigenvalue weighted by Crippen LogP contribution is -2.38. The van der Waals surface area contributed by atoms with Crippen LogP contribution in [0.3, 0.4) is 0 Å². The Balaban J connectivity index is 2.16. The summed E-state index contributed by atoms with van der Waals surface area (Å²) in [6, 6.07) is 7.56. The van der Waals surface area contributed by atoms with Crippen molar-refractivity contribution in [3.05, 3.63) is 24.3 Å². The Bertz CT molecular complexity index is 545. The van der Waals surface area contributed by atoms with Crippen molar-refractivity contribution in [3.8, 4) is 0 Å². The van der Waals surface area contributed by atoms with Crippen LogP contribution in [-0.2, 0) is 14.8 Å². The van der Waals surface area contributed by atoms with Crippen LogP contribution in [-0.4, -0.2) is 33.9 Å².